The van der Waals surface area contributed by atoms with E-state index in [2.05, 4.69) is 5.32 Å². The number of hydrogen-bond donors (Lipinski definition) is 1. The molecule has 7 heteroatoms. The lowest BCUT2D eigenvalue weighted by atomic mass is 10.2. The molecule has 102 valence electrons. The van der Waals surface area contributed by atoms with Gasteiger partial charge in [-0.05, 0) is 19.3 Å². The van der Waals surface area contributed by atoms with Gasteiger partial charge in [-0.15, -0.1) is 12.4 Å². The van der Waals surface area contributed by atoms with Gasteiger partial charge in [0, 0.05) is 32.3 Å². The lowest BCUT2D eigenvalue weighted by molar-refractivity contribution is 0.188. The van der Waals surface area contributed by atoms with Gasteiger partial charge in [-0.2, -0.15) is 4.31 Å². The number of ether oxygens (including phenoxy) is 1. The minimum Gasteiger partial charge on any atom is -0.381 e. The summed E-state index contributed by atoms with van der Waals surface area (Å²) in [6.45, 7) is 5.36. The number of piperazine rings is 1. The molecule has 1 unspecified atom stereocenters. The molecule has 0 bridgehead atoms. The van der Waals surface area contributed by atoms with E-state index in [0.717, 1.165) is 19.5 Å². The Morgan fingerprint density at radius 2 is 2.24 bits per heavy atom. The monoisotopic (exact) mass is 284 g/mol. The van der Waals surface area contributed by atoms with Crippen molar-refractivity contribution < 1.29 is 13.2 Å². The normalized spacial score (nSPS) is 31.1. The van der Waals surface area contributed by atoms with Gasteiger partial charge in [0.15, 0.2) is 0 Å². The second kappa shape index (κ2) is 6.33. The third-order valence-electron chi connectivity index (χ3n) is 3.27. The highest BCUT2D eigenvalue weighted by Gasteiger charge is 2.32. The van der Waals surface area contributed by atoms with Gasteiger partial charge in [0.25, 0.3) is 0 Å². The van der Waals surface area contributed by atoms with Crippen LogP contribution in [0.3, 0.4) is 0 Å². The molecule has 2 atom stereocenters. The Hall–Kier alpha value is 0.120. The molecule has 0 aromatic carbocycles. The summed E-state index contributed by atoms with van der Waals surface area (Å²) in [5.41, 5.74) is 0. The highest BCUT2D eigenvalue weighted by molar-refractivity contribution is 7.89. The number of halogens is 1. The Balaban J connectivity index is 0.00000144. The van der Waals surface area contributed by atoms with Crippen LogP contribution < -0.4 is 5.32 Å². The lowest BCUT2D eigenvalue weighted by Gasteiger charge is -2.33. The van der Waals surface area contributed by atoms with Crippen LogP contribution in [0.25, 0.3) is 0 Å². The number of hydrogen-bond acceptors (Lipinski definition) is 4. The zero-order valence-corrected chi connectivity index (χ0v) is 11.7. The van der Waals surface area contributed by atoms with Crippen LogP contribution in [0, 0.1) is 5.92 Å². The standard InChI is InChI=1S/C10H20N2O3S.ClH/c1-9-6-11-3-4-12(9)16(13,14)8-10-2-5-15-7-10;/h9-11H,2-8H2,1H3;1H/t9-,10?;/m0./s1. The molecule has 2 aliphatic heterocycles. The summed E-state index contributed by atoms with van der Waals surface area (Å²) in [6, 6.07) is 0.0704. The summed E-state index contributed by atoms with van der Waals surface area (Å²) in [7, 11) is -3.10. The van der Waals surface area contributed by atoms with Gasteiger partial charge >= 0.3 is 0 Å². The van der Waals surface area contributed by atoms with E-state index in [-0.39, 0.29) is 30.1 Å². The number of rotatable bonds is 3. The Bertz CT molecular complexity index is 330. The smallest absolute Gasteiger partial charge is 0.214 e. The first-order valence-electron chi connectivity index (χ1n) is 5.87. The second-order valence-corrected chi connectivity index (χ2v) is 6.64. The number of nitrogens with zero attached hydrogens (tertiary/aromatic N) is 1. The average molecular weight is 285 g/mol. The molecule has 0 aromatic rings. The summed E-state index contributed by atoms with van der Waals surface area (Å²) in [6.07, 6.45) is 0.875. The van der Waals surface area contributed by atoms with Crippen molar-refractivity contribution in [3.8, 4) is 0 Å². The summed E-state index contributed by atoms with van der Waals surface area (Å²) in [5.74, 6) is 0.434. The van der Waals surface area contributed by atoms with Crippen LogP contribution in [0.15, 0.2) is 0 Å². The summed E-state index contributed by atoms with van der Waals surface area (Å²) < 4.78 is 31.3. The van der Waals surface area contributed by atoms with Crippen molar-refractivity contribution in [2.75, 3.05) is 38.6 Å². The SMILES string of the molecule is C[C@H]1CNCCN1S(=O)(=O)CC1CCOC1.Cl. The highest BCUT2D eigenvalue weighted by Crippen LogP contribution is 2.18. The topological polar surface area (TPSA) is 58.6 Å². The molecular formula is C10H21ClN2O3S. The molecule has 2 aliphatic rings. The van der Waals surface area contributed by atoms with Crippen LogP contribution in [0.2, 0.25) is 0 Å². The van der Waals surface area contributed by atoms with E-state index in [0.29, 0.717) is 19.8 Å². The summed E-state index contributed by atoms with van der Waals surface area (Å²) in [4.78, 5) is 0. The Morgan fingerprint density at radius 1 is 1.47 bits per heavy atom. The van der Waals surface area contributed by atoms with Gasteiger partial charge in [-0.1, -0.05) is 0 Å². The summed E-state index contributed by atoms with van der Waals surface area (Å²) >= 11 is 0. The predicted octanol–water partition coefficient (Wildman–Crippen LogP) is 0.0682. The van der Waals surface area contributed by atoms with Crippen molar-refractivity contribution in [3.63, 3.8) is 0 Å². The van der Waals surface area contributed by atoms with E-state index in [4.69, 9.17) is 4.74 Å². The highest BCUT2D eigenvalue weighted by atomic mass is 35.5. The lowest BCUT2D eigenvalue weighted by Crippen LogP contribution is -2.53. The van der Waals surface area contributed by atoms with Crippen molar-refractivity contribution >= 4 is 22.4 Å². The Labute approximate surface area is 109 Å². The predicted molar refractivity (Wildman–Crippen MR) is 69.0 cm³/mol. The van der Waals surface area contributed by atoms with E-state index in [1.54, 1.807) is 4.31 Å². The van der Waals surface area contributed by atoms with Crippen molar-refractivity contribution in [2.24, 2.45) is 5.92 Å². The molecule has 5 nitrogen and oxygen atoms in total. The first-order valence-corrected chi connectivity index (χ1v) is 7.48. The van der Waals surface area contributed by atoms with Gasteiger partial charge in [-0.25, -0.2) is 8.42 Å². The molecular weight excluding hydrogens is 264 g/mol. The fourth-order valence-corrected chi connectivity index (χ4v) is 4.39. The molecule has 0 radical (unpaired) electrons. The number of sulfonamides is 1. The van der Waals surface area contributed by atoms with E-state index in [1.165, 1.54) is 0 Å². The minimum absolute atomic E-state index is 0. The van der Waals surface area contributed by atoms with Crippen molar-refractivity contribution in [2.45, 2.75) is 19.4 Å². The average Bonchev–Trinajstić information content (AvgIpc) is 2.70. The molecule has 1 N–H and O–H groups in total. The van der Waals surface area contributed by atoms with E-state index in [1.807, 2.05) is 6.92 Å². The third-order valence-corrected chi connectivity index (χ3v) is 5.42. The Kier molecular flexibility index (Phi) is 5.66. The fraction of sp³-hybridized carbons (Fsp3) is 1.00. The third kappa shape index (κ3) is 3.79. The maximum absolute atomic E-state index is 12.2. The molecule has 0 amide bonds. The van der Waals surface area contributed by atoms with E-state index < -0.39 is 10.0 Å². The molecule has 0 spiro atoms. The van der Waals surface area contributed by atoms with Crippen molar-refractivity contribution in [1.29, 1.82) is 0 Å². The zero-order valence-electron chi connectivity index (χ0n) is 10.1. The zero-order chi connectivity index (χ0) is 11.6. The first-order chi connectivity index (χ1) is 7.59. The van der Waals surface area contributed by atoms with Gasteiger partial charge < -0.3 is 10.1 Å². The number of nitrogens with one attached hydrogen (secondary N) is 1. The van der Waals surface area contributed by atoms with E-state index in [9.17, 15) is 8.42 Å². The molecule has 2 fully saturated rings. The molecule has 0 saturated carbocycles. The van der Waals surface area contributed by atoms with E-state index >= 15 is 0 Å². The van der Waals surface area contributed by atoms with Gasteiger partial charge in [0.1, 0.15) is 0 Å². The maximum Gasteiger partial charge on any atom is 0.214 e. The summed E-state index contributed by atoms with van der Waals surface area (Å²) in [5, 5.41) is 3.20. The van der Waals surface area contributed by atoms with Crippen LogP contribution in [0.5, 0.6) is 0 Å². The van der Waals surface area contributed by atoms with Crippen LogP contribution >= 0.6 is 12.4 Å². The van der Waals surface area contributed by atoms with Crippen molar-refractivity contribution in [3.05, 3.63) is 0 Å². The molecule has 0 aromatic heterocycles. The fourth-order valence-electron chi connectivity index (χ4n) is 2.34. The Morgan fingerprint density at radius 3 is 2.82 bits per heavy atom. The molecule has 2 heterocycles. The van der Waals surface area contributed by atoms with Crippen LogP contribution in [0.1, 0.15) is 13.3 Å². The molecule has 2 rings (SSSR count). The van der Waals surface area contributed by atoms with Gasteiger partial charge in [-0.3, -0.25) is 0 Å². The first kappa shape index (κ1) is 15.2. The molecule has 2 saturated heterocycles. The van der Waals surface area contributed by atoms with Crippen molar-refractivity contribution in [1.82, 2.24) is 9.62 Å². The van der Waals surface area contributed by atoms with Crippen LogP contribution in [-0.4, -0.2) is 57.4 Å². The largest absolute Gasteiger partial charge is 0.381 e. The molecule has 0 aliphatic carbocycles. The van der Waals surface area contributed by atoms with Crippen LogP contribution in [-0.2, 0) is 14.8 Å². The minimum atomic E-state index is -3.10. The van der Waals surface area contributed by atoms with Gasteiger partial charge in [0.05, 0.1) is 12.4 Å². The van der Waals surface area contributed by atoms with Gasteiger partial charge in [0.2, 0.25) is 10.0 Å². The maximum atomic E-state index is 12.2. The quantitative estimate of drug-likeness (QED) is 0.797. The molecule has 17 heavy (non-hydrogen) atoms. The van der Waals surface area contributed by atoms with Crippen LogP contribution in [0.4, 0.5) is 0 Å². The second-order valence-electron chi connectivity index (χ2n) is 4.67.